The number of carbonyl (C=O) groups excluding carboxylic acids is 2. The third kappa shape index (κ3) is 3.97. The maximum Gasteiger partial charge on any atom is 0.251 e. The zero-order chi connectivity index (χ0) is 16.9. The number of benzene rings is 2. The summed E-state index contributed by atoms with van der Waals surface area (Å²) in [6.07, 6.45) is 0. The molecule has 3 rings (SSSR count). The fourth-order valence-electron chi connectivity index (χ4n) is 2.20. The van der Waals surface area contributed by atoms with Crippen molar-refractivity contribution in [2.75, 3.05) is 6.54 Å². The highest BCUT2D eigenvalue weighted by molar-refractivity contribution is 7.18. The molecule has 2 N–H and O–H groups in total. The van der Waals surface area contributed by atoms with Gasteiger partial charge < -0.3 is 10.6 Å². The average molecular weight is 339 g/mol. The highest BCUT2D eigenvalue weighted by Crippen LogP contribution is 2.21. The number of thiazole rings is 1. The number of hydrogen-bond donors (Lipinski definition) is 2. The first-order chi connectivity index (χ1) is 11.6. The Bertz CT molecular complexity index is 838. The standard InChI is InChI=1S/C18H17N3O2S/c1-12-6-8-13(9-7-12)18(23)20-10-16(22)19-11-17-21-14-4-2-3-5-15(14)24-17/h2-9H,10-11H2,1H3,(H,19,22)(H,20,23). The van der Waals surface area contributed by atoms with Crippen molar-refractivity contribution in [1.82, 2.24) is 15.6 Å². The van der Waals surface area contributed by atoms with Crippen LogP contribution in [0.5, 0.6) is 0 Å². The Hall–Kier alpha value is -2.73. The minimum absolute atomic E-state index is 0.0579. The maximum absolute atomic E-state index is 12.0. The van der Waals surface area contributed by atoms with Gasteiger partial charge in [0.2, 0.25) is 5.91 Å². The van der Waals surface area contributed by atoms with Crippen molar-refractivity contribution >= 4 is 33.4 Å². The van der Waals surface area contributed by atoms with Crippen LogP contribution in [-0.4, -0.2) is 23.3 Å². The van der Waals surface area contributed by atoms with Crippen LogP contribution in [-0.2, 0) is 11.3 Å². The highest BCUT2D eigenvalue weighted by Gasteiger charge is 2.09. The van der Waals surface area contributed by atoms with Crippen LogP contribution in [0.3, 0.4) is 0 Å². The monoisotopic (exact) mass is 339 g/mol. The number of rotatable bonds is 5. The molecule has 1 aromatic heterocycles. The molecule has 0 atom stereocenters. The van der Waals surface area contributed by atoms with E-state index in [0.717, 1.165) is 20.8 Å². The van der Waals surface area contributed by atoms with Crippen LogP contribution in [0.15, 0.2) is 48.5 Å². The largest absolute Gasteiger partial charge is 0.348 e. The predicted molar refractivity (Wildman–Crippen MR) is 95.0 cm³/mol. The molecule has 0 fully saturated rings. The predicted octanol–water partition coefficient (Wildman–Crippen LogP) is 2.65. The molecule has 6 heteroatoms. The summed E-state index contributed by atoms with van der Waals surface area (Å²) in [5.74, 6) is -0.500. The molecule has 0 spiro atoms. The SMILES string of the molecule is Cc1ccc(C(=O)NCC(=O)NCc2nc3ccccc3s2)cc1. The van der Waals surface area contributed by atoms with Crippen molar-refractivity contribution in [1.29, 1.82) is 0 Å². The smallest absolute Gasteiger partial charge is 0.251 e. The summed E-state index contributed by atoms with van der Waals surface area (Å²) in [4.78, 5) is 28.3. The summed E-state index contributed by atoms with van der Waals surface area (Å²) in [6.45, 7) is 2.26. The molecule has 3 aromatic rings. The van der Waals surface area contributed by atoms with Gasteiger partial charge in [-0.15, -0.1) is 11.3 Å². The number of aromatic nitrogens is 1. The molecule has 24 heavy (non-hydrogen) atoms. The molecule has 0 aliphatic heterocycles. The van der Waals surface area contributed by atoms with Crippen molar-refractivity contribution in [3.05, 3.63) is 64.7 Å². The van der Waals surface area contributed by atoms with Crippen LogP contribution in [0.2, 0.25) is 0 Å². The molecule has 122 valence electrons. The molecule has 0 saturated heterocycles. The van der Waals surface area contributed by atoms with Crippen LogP contribution < -0.4 is 10.6 Å². The Balaban J connectivity index is 1.48. The summed E-state index contributed by atoms with van der Waals surface area (Å²) in [5, 5.41) is 6.23. The Morgan fingerprint density at radius 3 is 2.54 bits per heavy atom. The van der Waals surface area contributed by atoms with Crippen molar-refractivity contribution in [3.8, 4) is 0 Å². The second-order valence-electron chi connectivity index (χ2n) is 5.40. The van der Waals surface area contributed by atoms with E-state index >= 15 is 0 Å². The van der Waals surface area contributed by atoms with E-state index in [-0.39, 0.29) is 18.4 Å². The zero-order valence-electron chi connectivity index (χ0n) is 13.2. The second-order valence-corrected chi connectivity index (χ2v) is 6.52. The molecule has 0 bridgehead atoms. The Kier molecular flexibility index (Phi) is 4.86. The van der Waals surface area contributed by atoms with E-state index in [1.165, 1.54) is 0 Å². The minimum atomic E-state index is -0.259. The van der Waals surface area contributed by atoms with Gasteiger partial charge in [0.15, 0.2) is 0 Å². The first-order valence-electron chi connectivity index (χ1n) is 7.58. The normalized spacial score (nSPS) is 10.5. The molecule has 2 amide bonds. The number of para-hydroxylation sites is 1. The third-order valence-corrected chi connectivity index (χ3v) is 4.53. The van der Waals surface area contributed by atoms with Gasteiger partial charge in [0.1, 0.15) is 5.01 Å². The number of amides is 2. The molecular formula is C18H17N3O2S. The summed E-state index contributed by atoms with van der Waals surface area (Å²) in [7, 11) is 0. The van der Waals surface area contributed by atoms with Crippen molar-refractivity contribution in [2.24, 2.45) is 0 Å². The second kappa shape index (κ2) is 7.23. The van der Waals surface area contributed by atoms with Gasteiger partial charge in [0.25, 0.3) is 5.91 Å². The fraction of sp³-hybridized carbons (Fsp3) is 0.167. The van der Waals surface area contributed by atoms with Gasteiger partial charge in [0, 0.05) is 5.56 Å². The van der Waals surface area contributed by atoms with Crippen molar-refractivity contribution in [3.63, 3.8) is 0 Å². The van der Waals surface area contributed by atoms with E-state index in [0.29, 0.717) is 12.1 Å². The molecule has 0 aliphatic carbocycles. The summed E-state index contributed by atoms with van der Waals surface area (Å²) in [6, 6.07) is 15.0. The molecule has 0 radical (unpaired) electrons. The van der Waals surface area contributed by atoms with Gasteiger partial charge in [-0.2, -0.15) is 0 Å². The maximum atomic E-state index is 12.0. The number of fused-ring (bicyclic) bond motifs is 1. The van der Waals surface area contributed by atoms with Crippen LogP contribution in [0.4, 0.5) is 0 Å². The van der Waals surface area contributed by atoms with Gasteiger partial charge in [-0.1, -0.05) is 29.8 Å². The van der Waals surface area contributed by atoms with Crippen LogP contribution in [0.1, 0.15) is 20.9 Å². The number of hydrogen-bond acceptors (Lipinski definition) is 4. The third-order valence-electron chi connectivity index (χ3n) is 3.50. The lowest BCUT2D eigenvalue weighted by Gasteiger charge is -2.06. The molecular weight excluding hydrogens is 322 g/mol. The molecule has 1 heterocycles. The summed E-state index contributed by atoms with van der Waals surface area (Å²) < 4.78 is 1.09. The molecule has 2 aromatic carbocycles. The topological polar surface area (TPSA) is 71.1 Å². The molecule has 5 nitrogen and oxygen atoms in total. The van der Waals surface area contributed by atoms with Crippen LogP contribution >= 0.6 is 11.3 Å². The van der Waals surface area contributed by atoms with E-state index < -0.39 is 0 Å². The van der Waals surface area contributed by atoms with Crippen molar-refractivity contribution in [2.45, 2.75) is 13.5 Å². The number of nitrogens with zero attached hydrogens (tertiary/aromatic N) is 1. The van der Waals surface area contributed by atoms with E-state index in [1.807, 2.05) is 43.3 Å². The number of nitrogens with one attached hydrogen (secondary N) is 2. The average Bonchev–Trinajstić information content (AvgIpc) is 3.01. The first-order valence-corrected chi connectivity index (χ1v) is 8.39. The van der Waals surface area contributed by atoms with Crippen LogP contribution in [0, 0.1) is 6.92 Å². The van der Waals surface area contributed by atoms with E-state index in [1.54, 1.807) is 23.5 Å². The van der Waals surface area contributed by atoms with Gasteiger partial charge in [0.05, 0.1) is 23.3 Å². The van der Waals surface area contributed by atoms with Gasteiger partial charge in [-0.05, 0) is 31.2 Å². The summed E-state index contributed by atoms with van der Waals surface area (Å²) in [5.41, 5.74) is 2.55. The lowest BCUT2D eigenvalue weighted by atomic mass is 10.1. The van der Waals surface area contributed by atoms with Gasteiger partial charge in [-0.25, -0.2) is 4.98 Å². The zero-order valence-corrected chi connectivity index (χ0v) is 14.0. The first kappa shape index (κ1) is 16.1. The quantitative estimate of drug-likeness (QED) is 0.751. The number of aryl methyl sites for hydroxylation is 1. The van der Waals surface area contributed by atoms with Crippen molar-refractivity contribution < 1.29 is 9.59 Å². The van der Waals surface area contributed by atoms with E-state index in [4.69, 9.17) is 0 Å². The molecule has 0 unspecified atom stereocenters. The van der Waals surface area contributed by atoms with E-state index in [2.05, 4.69) is 15.6 Å². The lowest BCUT2D eigenvalue weighted by Crippen LogP contribution is -2.36. The number of carbonyl (C=O) groups is 2. The Labute approximate surface area is 143 Å². The van der Waals surface area contributed by atoms with Crippen LogP contribution in [0.25, 0.3) is 10.2 Å². The molecule has 0 aliphatic rings. The molecule has 0 saturated carbocycles. The lowest BCUT2D eigenvalue weighted by molar-refractivity contribution is -0.120. The fourth-order valence-corrected chi connectivity index (χ4v) is 3.11. The Morgan fingerprint density at radius 2 is 1.79 bits per heavy atom. The highest BCUT2D eigenvalue weighted by atomic mass is 32.1. The minimum Gasteiger partial charge on any atom is -0.348 e. The van der Waals surface area contributed by atoms with E-state index in [9.17, 15) is 9.59 Å². The Morgan fingerprint density at radius 1 is 1.04 bits per heavy atom. The van der Waals surface area contributed by atoms with Gasteiger partial charge in [-0.3, -0.25) is 9.59 Å². The summed E-state index contributed by atoms with van der Waals surface area (Å²) >= 11 is 1.55. The van der Waals surface area contributed by atoms with Gasteiger partial charge >= 0.3 is 0 Å².